The average molecular weight is 422 g/mol. The average Bonchev–Trinajstić information content (AvgIpc) is 2.94. The first-order chi connectivity index (χ1) is 13.0. The Labute approximate surface area is 171 Å². The van der Waals surface area contributed by atoms with Crippen molar-refractivity contribution in [2.75, 3.05) is 26.2 Å². The van der Waals surface area contributed by atoms with E-state index in [9.17, 15) is 4.79 Å². The summed E-state index contributed by atoms with van der Waals surface area (Å²) < 4.78 is 16.3. The molecule has 140 valence electrons. The molecular formula is C19H16ClNO4S2. The van der Waals surface area contributed by atoms with Gasteiger partial charge >= 0.3 is 0 Å². The van der Waals surface area contributed by atoms with E-state index in [0.717, 1.165) is 0 Å². The zero-order valence-electron chi connectivity index (χ0n) is 14.8. The molecule has 5 nitrogen and oxygen atoms in total. The highest BCUT2D eigenvalue weighted by Crippen LogP contribution is 2.41. The number of thioether (sulfide) groups is 1. The standard InChI is InChI=1S/C19H16ClNO4S2/c1-23-14-7-5-4-6-13(14)21-18(22)16(27-19(21)26)10-11-8-12(20)17(25-3)15(9-11)24-2/h4-10H,1-3H3/b16-10-. The molecule has 0 atom stereocenters. The molecular weight excluding hydrogens is 406 g/mol. The largest absolute Gasteiger partial charge is 0.495 e. The minimum atomic E-state index is -0.222. The second kappa shape index (κ2) is 8.21. The van der Waals surface area contributed by atoms with E-state index in [1.807, 2.05) is 12.1 Å². The van der Waals surface area contributed by atoms with Gasteiger partial charge in [0.2, 0.25) is 0 Å². The molecule has 0 aliphatic carbocycles. The monoisotopic (exact) mass is 421 g/mol. The topological polar surface area (TPSA) is 48.0 Å². The molecule has 0 saturated carbocycles. The van der Waals surface area contributed by atoms with Gasteiger partial charge in [0.15, 0.2) is 15.8 Å². The molecule has 3 rings (SSSR count). The summed E-state index contributed by atoms with van der Waals surface area (Å²) in [7, 11) is 4.60. The number of halogens is 1. The molecule has 0 spiro atoms. The fraction of sp³-hybridized carbons (Fsp3) is 0.158. The molecule has 0 radical (unpaired) electrons. The van der Waals surface area contributed by atoms with Crippen molar-refractivity contribution >= 4 is 57.6 Å². The Morgan fingerprint density at radius 2 is 1.78 bits per heavy atom. The van der Waals surface area contributed by atoms with E-state index in [1.54, 1.807) is 37.5 Å². The van der Waals surface area contributed by atoms with E-state index in [1.165, 1.54) is 30.9 Å². The van der Waals surface area contributed by atoms with Crippen LogP contribution < -0.4 is 19.1 Å². The number of thiocarbonyl (C=S) groups is 1. The van der Waals surface area contributed by atoms with Crippen molar-refractivity contribution < 1.29 is 19.0 Å². The third kappa shape index (κ3) is 3.76. The highest BCUT2D eigenvalue weighted by molar-refractivity contribution is 8.27. The molecule has 27 heavy (non-hydrogen) atoms. The van der Waals surface area contributed by atoms with Gasteiger partial charge in [0, 0.05) is 0 Å². The first kappa shape index (κ1) is 19.5. The number of nitrogens with zero attached hydrogens (tertiary/aromatic N) is 1. The van der Waals surface area contributed by atoms with Gasteiger partial charge in [0.05, 0.1) is 36.9 Å². The number of anilines is 1. The number of benzene rings is 2. The lowest BCUT2D eigenvalue weighted by atomic mass is 10.1. The summed E-state index contributed by atoms with van der Waals surface area (Å²) in [6, 6.07) is 10.7. The van der Waals surface area contributed by atoms with Gasteiger partial charge in [-0.3, -0.25) is 9.69 Å². The molecule has 2 aromatic carbocycles. The Balaban J connectivity index is 1.99. The zero-order chi connectivity index (χ0) is 19.6. The highest BCUT2D eigenvalue weighted by atomic mass is 35.5. The number of hydrogen-bond acceptors (Lipinski definition) is 6. The van der Waals surface area contributed by atoms with E-state index in [2.05, 4.69) is 0 Å². The Bertz CT molecular complexity index is 945. The van der Waals surface area contributed by atoms with Crippen LogP contribution in [0.4, 0.5) is 5.69 Å². The maximum atomic E-state index is 13.0. The summed E-state index contributed by atoms with van der Waals surface area (Å²) in [6.07, 6.45) is 1.72. The van der Waals surface area contributed by atoms with Crippen LogP contribution >= 0.6 is 35.6 Å². The smallest absolute Gasteiger partial charge is 0.270 e. The second-order valence-electron chi connectivity index (χ2n) is 5.43. The summed E-state index contributed by atoms with van der Waals surface area (Å²) in [6.45, 7) is 0. The van der Waals surface area contributed by atoms with Crippen LogP contribution in [0.3, 0.4) is 0 Å². The highest BCUT2D eigenvalue weighted by Gasteiger charge is 2.34. The van der Waals surface area contributed by atoms with Crippen molar-refractivity contribution in [3.05, 3.63) is 51.9 Å². The lowest BCUT2D eigenvalue weighted by Gasteiger charge is -2.17. The molecule has 1 aliphatic heterocycles. The van der Waals surface area contributed by atoms with Crippen LogP contribution in [-0.2, 0) is 4.79 Å². The number of carbonyl (C=O) groups is 1. The molecule has 8 heteroatoms. The number of rotatable bonds is 5. The van der Waals surface area contributed by atoms with E-state index in [0.29, 0.717) is 42.7 Å². The van der Waals surface area contributed by atoms with E-state index in [-0.39, 0.29) is 5.91 Å². The molecule has 0 unspecified atom stereocenters. The van der Waals surface area contributed by atoms with Crippen molar-refractivity contribution in [1.82, 2.24) is 0 Å². The number of methoxy groups -OCH3 is 3. The summed E-state index contributed by atoms with van der Waals surface area (Å²) in [4.78, 5) is 14.9. The molecule has 0 aromatic heterocycles. The first-order valence-corrected chi connectivity index (χ1v) is 9.43. The van der Waals surface area contributed by atoms with Gasteiger partial charge in [0.1, 0.15) is 5.75 Å². The lowest BCUT2D eigenvalue weighted by Crippen LogP contribution is -2.27. The molecule has 0 N–H and O–H groups in total. The van der Waals surface area contributed by atoms with E-state index in [4.69, 9.17) is 38.0 Å². The maximum absolute atomic E-state index is 13.0. The Morgan fingerprint density at radius 1 is 1.07 bits per heavy atom. The summed E-state index contributed by atoms with van der Waals surface area (Å²) in [5, 5.41) is 0.392. The van der Waals surface area contributed by atoms with Crippen molar-refractivity contribution in [1.29, 1.82) is 0 Å². The summed E-state index contributed by atoms with van der Waals surface area (Å²) >= 11 is 12.9. The van der Waals surface area contributed by atoms with Gasteiger partial charge in [-0.2, -0.15) is 0 Å². The SMILES string of the molecule is COc1ccccc1N1C(=O)/C(=C/c2cc(Cl)c(OC)c(OC)c2)SC1=S. The minimum absolute atomic E-state index is 0.222. The molecule has 1 fully saturated rings. The second-order valence-corrected chi connectivity index (χ2v) is 7.51. The van der Waals surface area contributed by atoms with Crippen LogP contribution in [0, 0.1) is 0 Å². The normalized spacial score (nSPS) is 15.4. The maximum Gasteiger partial charge on any atom is 0.270 e. The number of para-hydroxylation sites is 2. The van der Waals surface area contributed by atoms with Crippen molar-refractivity contribution in [3.63, 3.8) is 0 Å². The van der Waals surface area contributed by atoms with Gasteiger partial charge in [-0.25, -0.2) is 0 Å². The van der Waals surface area contributed by atoms with Gasteiger partial charge < -0.3 is 14.2 Å². The fourth-order valence-electron chi connectivity index (χ4n) is 2.66. The van der Waals surface area contributed by atoms with E-state index < -0.39 is 0 Å². The van der Waals surface area contributed by atoms with Crippen molar-refractivity contribution in [2.45, 2.75) is 0 Å². The predicted molar refractivity (Wildman–Crippen MR) is 113 cm³/mol. The van der Waals surface area contributed by atoms with Crippen LogP contribution in [0.1, 0.15) is 5.56 Å². The lowest BCUT2D eigenvalue weighted by molar-refractivity contribution is -0.113. The third-order valence-electron chi connectivity index (χ3n) is 3.87. The fourth-order valence-corrected chi connectivity index (χ4v) is 4.24. The van der Waals surface area contributed by atoms with Crippen LogP contribution in [0.15, 0.2) is 41.3 Å². The number of carbonyl (C=O) groups excluding carboxylic acids is 1. The number of hydrogen-bond donors (Lipinski definition) is 0. The molecule has 0 bridgehead atoms. The summed E-state index contributed by atoms with van der Waals surface area (Å²) in [5.41, 5.74) is 1.31. The van der Waals surface area contributed by atoms with Crippen LogP contribution in [0.5, 0.6) is 17.2 Å². The van der Waals surface area contributed by atoms with Gasteiger partial charge in [0.25, 0.3) is 5.91 Å². The Kier molecular flexibility index (Phi) is 5.94. The van der Waals surface area contributed by atoms with Gasteiger partial charge in [-0.15, -0.1) is 0 Å². The third-order valence-corrected chi connectivity index (χ3v) is 5.46. The number of amides is 1. The zero-order valence-corrected chi connectivity index (χ0v) is 17.2. The van der Waals surface area contributed by atoms with Gasteiger partial charge in [-0.1, -0.05) is 47.7 Å². The van der Waals surface area contributed by atoms with Crippen LogP contribution in [0.2, 0.25) is 5.02 Å². The van der Waals surface area contributed by atoms with E-state index >= 15 is 0 Å². The molecule has 1 amide bonds. The summed E-state index contributed by atoms with van der Waals surface area (Å²) in [5.74, 6) is 1.28. The minimum Gasteiger partial charge on any atom is -0.495 e. The predicted octanol–water partition coefficient (Wildman–Crippen LogP) is 4.77. The quantitative estimate of drug-likeness (QED) is 0.512. The molecule has 1 heterocycles. The molecule has 1 aliphatic rings. The van der Waals surface area contributed by atoms with Gasteiger partial charge in [-0.05, 0) is 35.9 Å². The van der Waals surface area contributed by atoms with Crippen LogP contribution in [0.25, 0.3) is 6.08 Å². The first-order valence-electron chi connectivity index (χ1n) is 7.82. The van der Waals surface area contributed by atoms with Crippen molar-refractivity contribution in [2.24, 2.45) is 0 Å². The Hall–Kier alpha value is -2.22. The van der Waals surface area contributed by atoms with Crippen LogP contribution in [-0.4, -0.2) is 31.6 Å². The number of ether oxygens (including phenoxy) is 3. The van der Waals surface area contributed by atoms with Crippen molar-refractivity contribution in [3.8, 4) is 17.2 Å². The Morgan fingerprint density at radius 3 is 2.44 bits per heavy atom. The molecule has 1 saturated heterocycles. The molecule has 2 aromatic rings.